The van der Waals surface area contributed by atoms with Crippen LogP contribution in [0.5, 0.6) is 5.75 Å². The number of nitrogens with two attached hydrogens (primary N) is 1. The van der Waals surface area contributed by atoms with Gasteiger partial charge in [0.25, 0.3) is 5.91 Å². The summed E-state index contributed by atoms with van der Waals surface area (Å²) in [5, 5.41) is 2.83. The number of nitrogen functional groups attached to an aromatic ring is 1. The molecule has 0 radical (unpaired) electrons. The number of imidazole rings is 1. The zero-order valence-corrected chi connectivity index (χ0v) is 11.3. The van der Waals surface area contributed by atoms with Gasteiger partial charge in [0.1, 0.15) is 5.82 Å². The highest BCUT2D eigenvalue weighted by Crippen LogP contribution is 2.26. The number of hydrogen-bond acceptors (Lipinski definition) is 4. The van der Waals surface area contributed by atoms with Gasteiger partial charge in [-0.2, -0.15) is 0 Å². The maximum absolute atomic E-state index is 12.1. The van der Waals surface area contributed by atoms with Crippen LogP contribution in [-0.2, 0) is 6.42 Å². The van der Waals surface area contributed by atoms with Crippen LogP contribution in [-0.4, -0.2) is 29.0 Å². The minimum absolute atomic E-state index is 0.202. The Morgan fingerprint density at radius 1 is 1.50 bits per heavy atom. The van der Waals surface area contributed by atoms with Gasteiger partial charge in [0.2, 0.25) is 0 Å². The third-order valence-electron chi connectivity index (χ3n) is 2.78. The average molecular weight is 274 g/mol. The smallest absolute Gasteiger partial charge is 0.255 e. The van der Waals surface area contributed by atoms with Crippen LogP contribution in [0.2, 0.25) is 0 Å². The van der Waals surface area contributed by atoms with Crippen molar-refractivity contribution in [3.05, 3.63) is 42.0 Å². The second-order valence-electron chi connectivity index (χ2n) is 4.20. The van der Waals surface area contributed by atoms with Crippen molar-refractivity contribution >= 4 is 11.6 Å². The van der Waals surface area contributed by atoms with Crippen molar-refractivity contribution in [2.75, 3.05) is 18.9 Å². The third-order valence-corrected chi connectivity index (χ3v) is 2.78. The fourth-order valence-electron chi connectivity index (χ4n) is 1.86. The highest BCUT2D eigenvalue weighted by atomic mass is 16.5. The number of anilines is 1. The van der Waals surface area contributed by atoms with Crippen LogP contribution in [0.4, 0.5) is 5.69 Å². The van der Waals surface area contributed by atoms with E-state index in [9.17, 15) is 4.79 Å². The van der Waals surface area contributed by atoms with E-state index in [1.54, 1.807) is 30.6 Å². The van der Waals surface area contributed by atoms with E-state index >= 15 is 0 Å². The van der Waals surface area contributed by atoms with Gasteiger partial charge in [-0.25, -0.2) is 4.98 Å². The molecule has 0 bridgehead atoms. The van der Waals surface area contributed by atoms with Gasteiger partial charge in [-0.05, 0) is 19.1 Å². The molecule has 4 N–H and O–H groups in total. The number of nitrogens with zero attached hydrogens (tertiary/aromatic N) is 1. The van der Waals surface area contributed by atoms with Crippen LogP contribution in [0, 0.1) is 0 Å². The number of nitrogens with one attached hydrogen (secondary N) is 2. The molecule has 0 spiro atoms. The Bertz CT molecular complexity index is 567. The van der Waals surface area contributed by atoms with Gasteiger partial charge in [-0.1, -0.05) is 6.07 Å². The lowest BCUT2D eigenvalue weighted by Gasteiger charge is -2.12. The lowest BCUT2D eigenvalue weighted by atomic mass is 10.1. The number of hydrogen-bond donors (Lipinski definition) is 3. The van der Waals surface area contributed by atoms with Gasteiger partial charge in [0, 0.05) is 25.4 Å². The number of ether oxygens (including phenoxy) is 1. The second-order valence-corrected chi connectivity index (χ2v) is 4.20. The Morgan fingerprint density at radius 3 is 3.05 bits per heavy atom. The number of benzene rings is 1. The molecule has 1 aromatic carbocycles. The van der Waals surface area contributed by atoms with Crippen molar-refractivity contribution < 1.29 is 9.53 Å². The van der Waals surface area contributed by atoms with Gasteiger partial charge in [0.05, 0.1) is 17.9 Å². The predicted octanol–water partition coefficient (Wildman–Crippen LogP) is 1.36. The number of aromatic nitrogens is 2. The first-order chi connectivity index (χ1) is 9.72. The molecule has 6 nitrogen and oxygen atoms in total. The molecular weight excluding hydrogens is 256 g/mol. The molecule has 1 heterocycles. The lowest BCUT2D eigenvalue weighted by molar-refractivity contribution is 0.0950. The molecule has 20 heavy (non-hydrogen) atoms. The molecule has 0 saturated carbocycles. The summed E-state index contributed by atoms with van der Waals surface area (Å²) < 4.78 is 5.44. The first kappa shape index (κ1) is 13.9. The van der Waals surface area contributed by atoms with Crippen LogP contribution in [0.25, 0.3) is 0 Å². The Labute approximate surface area is 117 Å². The SMILES string of the molecule is CCOc1c(N)cccc1C(=O)NCCc1ncc[nH]1. The van der Waals surface area contributed by atoms with Gasteiger partial charge < -0.3 is 20.8 Å². The summed E-state index contributed by atoms with van der Waals surface area (Å²) in [5.74, 6) is 1.07. The summed E-state index contributed by atoms with van der Waals surface area (Å²) in [6.07, 6.45) is 4.08. The standard InChI is InChI=1S/C14H18N4O2/c1-2-20-13-10(4-3-5-11(13)15)14(19)18-7-6-12-16-8-9-17-12/h3-5,8-9H,2,6-7,15H2,1H3,(H,16,17)(H,18,19). The molecule has 0 aliphatic rings. The second kappa shape index (κ2) is 6.60. The molecule has 6 heteroatoms. The Balaban J connectivity index is 1.99. The van der Waals surface area contributed by atoms with E-state index in [4.69, 9.17) is 10.5 Å². The van der Waals surface area contributed by atoms with Crippen LogP contribution in [0.1, 0.15) is 23.1 Å². The van der Waals surface area contributed by atoms with E-state index in [0.717, 1.165) is 5.82 Å². The maximum atomic E-state index is 12.1. The van der Waals surface area contributed by atoms with Gasteiger partial charge in [0.15, 0.2) is 5.75 Å². The fraction of sp³-hybridized carbons (Fsp3) is 0.286. The van der Waals surface area contributed by atoms with Crippen molar-refractivity contribution in [1.29, 1.82) is 0 Å². The molecular formula is C14H18N4O2. The van der Waals surface area contributed by atoms with Crippen molar-refractivity contribution in [3.8, 4) is 5.75 Å². The van der Waals surface area contributed by atoms with E-state index in [-0.39, 0.29) is 5.91 Å². The predicted molar refractivity (Wildman–Crippen MR) is 76.6 cm³/mol. The molecule has 0 aliphatic heterocycles. The molecule has 2 rings (SSSR count). The first-order valence-electron chi connectivity index (χ1n) is 6.50. The Morgan fingerprint density at radius 2 is 2.35 bits per heavy atom. The molecule has 0 aliphatic carbocycles. The summed E-state index contributed by atoms with van der Waals surface area (Å²) in [6, 6.07) is 5.15. The van der Waals surface area contributed by atoms with Crippen LogP contribution >= 0.6 is 0 Å². The van der Waals surface area contributed by atoms with Gasteiger partial charge in [-0.15, -0.1) is 0 Å². The topological polar surface area (TPSA) is 93.0 Å². The highest BCUT2D eigenvalue weighted by Gasteiger charge is 2.14. The minimum atomic E-state index is -0.202. The molecule has 1 aromatic heterocycles. The molecule has 106 valence electrons. The molecule has 0 saturated heterocycles. The molecule has 1 amide bonds. The number of H-pyrrole nitrogens is 1. The molecule has 0 fully saturated rings. The zero-order chi connectivity index (χ0) is 14.4. The van der Waals surface area contributed by atoms with Crippen LogP contribution < -0.4 is 15.8 Å². The van der Waals surface area contributed by atoms with Crippen molar-refractivity contribution in [2.24, 2.45) is 0 Å². The highest BCUT2D eigenvalue weighted by molar-refractivity contribution is 5.98. The zero-order valence-electron chi connectivity index (χ0n) is 11.3. The first-order valence-corrected chi connectivity index (χ1v) is 6.50. The summed E-state index contributed by atoms with van der Waals surface area (Å²) in [5.41, 5.74) is 6.74. The van der Waals surface area contributed by atoms with Crippen molar-refractivity contribution in [2.45, 2.75) is 13.3 Å². The normalized spacial score (nSPS) is 10.2. The quantitative estimate of drug-likeness (QED) is 0.693. The molecule has 2 aromatic rings. The van der Waals surface area contributed by atoms with E-state index in [1.165, 1.54) is 0 Å². The number of aromatic amines is 1. The van der Waals surface area contributed by atoms with Gasteiger partial charge >= 0.3 is 0 Å². The third kappa shape index (κ3) is 3.28. The van der Waals surface area contributed by atoms with E-state index in [2.05, 4.69) is 15.3 Å². The lowest BCUT2D eigenvalue weighted by Crippen LogP contribution is -2.26. The number of carbonyl (C=O) groups is 1. The summed E-state index contributed by atoms with van der Waals surface area (Å²) >= 11 is 0. The van der Waals surface area contributed by atoms with Crippen LogP contribution in [0.15, 0.2) is 30.6 Å². The summed E-state index contributed by atoms with van der Waals surface area (Å²) in [4.78, 5) is 19.2. The molecule has 0 unspecified atom stereocenters. The number of para-hydroxylation sites is 1. The van der Waals surface area contributed by atoms with E-state index in [1.807, 2.05) is 6.92 Å². The van der Waals surface area contributed by atoms with Gasteiger partial charge in [-0.3, -0.25) is 4.79 Å². The Kier molecular flexibility index (Phi) is 4.60. The molecule has 0 atom stereocenters. The average Bonchev–Trinajstić information content (AvgIpc) is 2.94. The minimum Gasteiger partial charge on any atom is -0.491 e. The summed E-state index contributed by atoms with van der Waals surface area (Å²) in [7, 11) is 0. The van der Waals surface area contributed by atoms with Crippen molar-refractivity contribution in [1.82, 2.24) is 15.3 Å². The number of rotatable bonds is 6. The largest absolute Gasteiger partial charge is 0.491 e. The monoisotopic (exact) mass is 274 g/mol. The maximum Gasteiger partial charge on any atom is 0.255 e. The number of amides is 1. The van der Waals surface area contributed by atoms with Crippen LogP contribution in [0.3, 0.4) is 0 Å². The van der Waals surface area contributed by atoms with Crippen molar-refractivity contribution in [3.63, 3.8) is 0 Å². The Hall–Kier alpha value is -2.50. The summed E-state index contributed by atoms with van der Waals surface area (Å²) in [6.45, 7) is 2.80. The van der Waals surface area contributed by atoms with E-state index in [0.29, 0.717) is 36.6 Å². The van der Waals surface area contributed by atoms with E-state index < -0.39 is 0 Å². The fourth-order valence-corrected chi connectivity index (χ4v) is 1.86. The number of carbonyl (C=O) groups excluding carboxylic acids is 1.